The number of rotatable bonds is 4. The number of alkyl halides is 1. The zero-order valence-corrected chi connectivity index (χ0v) is 10.3. The van der Waals surface area contributed by atoms with Crippen molar-refractivity contribution in [1.82, 2.24) is 0 Å². The van der Waals surface area contributed by atoms with Gasteiger partial charge in [-0.25, -0.2) is 8.42 Å². The van der Waals surface area contributed by atoms with Crippen LogP contribution >= 0.6 is 22.6 Å². The summed E-state index contributed by atoms with van der Waals surface area (Å²) in [6.07, 6.45) is 0. The third kappa shape index (κ3) is 3.38. The van der Waals surface area contributed by atoms with Crippen LogP contribution in [0.4, 0.5) is 0 Å². The van der Waals surface area contributed by atoms with Gasteiger partial charge in [0.25, 0.3) is 0 Å². The molecule has 0 bridgehead atoms. The summed E-state index contributed by atoms with van der Waals surface area (Å²) < 4.78 is 22.3. The van der Waals surface area contributed by atoms with Crippen LogP contribution in [0, 0.1) is 0 Å². The summed E-state index contributed by atoms with van der Waals surface area (Å²) in [7, 11) is -3.23. The highest BCUT2D eigenvalue weighted by Gasteiger charge is 2.15. The van der Waals surface area contributed by atoms with Crippen molar-refractivity contribution >= 4 is 38.2 Å². The molecular weight excluding hydrogens is 315 g/mol. The minimum absolute atomic E-state index is 0.0245. The van der Waals surface area contributed by atoms with Gasteiger partial charge in [0.2, 0.25) is 0 Å². The quantitative estimate of drug-likeness (QED) is 0.481. The fraction of sp³-hybridized carbons (Fsp3) is 0.222. The molecule has 0 atom stereocenters. The summed E-state index contributed by atoms with van der Waals surface area (Å²) in [6.45, 7) is 0. The number of halogens is 1. The summed E-state index contributed by atoms with van der Waals surface area (Å²) >= 11 is 1.74. The normalized spacial score (nSPS) is 11.2. The number of carbonyl (C=O) groups is 1. The van der Waals surface area contributed by atoms with Crippen LogP contribution < -0.4 is 0 Å². The van der Waals surface area contributed by atoms with Crippen LogP contribution in [0.25, 0.3) is 0 Å². The minimum atomic E-state index is -3.23. The van der Waals surface area contributed by atoms with Crippen molar-refractivity contribution in [2.75, 3.05) is 9.51 Å². The molecule has 0 aromatic heterocycles. The number of benzene rings is 1. The van der Waals surface area contributed by atoms with Crippen molar-refractivity contribution in [3.63, 3.8) is 0 Å². The van der Waals surface area contributed by atoms with Crippen molar-refractivity contribution in [3.05, 3.63) is 35.9 Å². The van der Waals surface area contributed by atoms with Crippen molar-refractivity contribution in [2.45, 2.75) is 0 Å². The second kappa shape index (κ2) is 4.88. The average Bonchev–Trinajstić information content (AvgIpc) is 2.19. The Hall–Kier alpha value is -0.430. The van der Waals surface area contributed by atoms with Gasteiger partial charge in [0, 0.05) is 5.56 Å². The third-order valence-electron chi connectivity index (χ3n) is 1.61. The lowest BCUT2D eigenvalue weighted by molar-refractivity contribution is 0.102. The fourth-order valence-electron chi connectivity index (χ4n) is 0.946. The van der Waals surface area contributed by atoms with Crippen LogP contribution in [0.2, 0.25) is 0 Å². The highest BCUT2D eigenvalue weighted by Crippen LogP contribution is 2.04. The molecule has 0 N–H and O–H groups in total. The molecule has 0 aliphatic heterocycles. The van der Waals surface area contributed by atoms with Gasteiger partial charge in [0.15, 0.2) is 15.6 Å². The molecular formula is C9H9IO3S. The molecule has 1 aromatic rings. The zero-order chi connectivity index (χ0) is 10.6. The number of hydrogen-bond donors (Lipinski definition) is 0. The molecule has 0 heterocycles. The van der Waals surface area contributed by atoms with E-state index in [4.69, 9.17) is 0 Å². The van der Waals surface area contributed by atoms with E-state index in [0.717, 1.165) is 0 Å². The summed E-state index contributed by atoms with van der Waals surface area (Å²) in [5.74, 6) is -0.748. The monoisotopic (exact) mass is 324 g/mol. The minimum Gasteiger partial charge on any atom is -0.293 e. The Morgan fingerprint density at radius 1 is 1.21 bits per heavy atom. The van der Waals surface area contributed by atoms with Crippen LogP contribution in [-0.4, -0.2) is 23.7 Å². The maximum Gasteiger partial charge on any atom is 0.177 e. The maximum absolute atomic E-state index is 11.4. The molecule has 0 spiro atoms. The van der Waals surface area contributed by atoms with Crippen LogP contribution in [0.5, 0.6) is 0 Å². The molecule has 0 unspecified atom stereocenters. The van der Waals surface area contributed by atoms with Crippen molar-refractivity contribution in [1.29, 1.82) is 0 Å². The third-order valence-corrected chi connectivity index (χ3v) is 5.49. The summed E-state index contributed by atoms with van der Waals surface area (Å²) in [6, 6.07) is 8.44. The molecule has 0 amide bonds. The largest absolute Gasteiger partial charge is 0.293 e. The van der Waals surface area contributed by atoms with Gasteiger partial charge in [-0.15, -0.1) is 0 Å². The fourth-order valence-corrected chi connectivity index (χ4v) is 2.25. The first kappa shape index (κ1) is 11.6. The average molecular weight is 324 g/mol. The summed E-state index contributed by atoms with van der Waals surface area (Å²) in [4.78, 5) is 11.4. The van der Waals surface area contributed by atoms with Crippen LogP contribution in [0.15, 0.2) is 30.3 Å². The van der Waals surface area contributed by atoms with E-state index in [9.17, 15) is 13.2 Å². The number of ketones is 1. The maximum atomic E-state index is 11.4. The van der Waals surface area contributed by atoms with E-state index >= 15 is 0 Å². The van der Waals surface area contributed by atoms with Crippen molar-refractivity contribution < 1.29 is 13.2 Å². The Labute approximate surface area is 96.6 Å². The zero-order valence-electron chi connectivity index (χ0n) is 7.31. The first-order valence-corrected chi connectivity index (χ1v) is 7.24. The first-order valence-electron chi connectivity index (χ1n) is 3.90. The van der Waals surface area contributed by atoms with Gasteiger partial charge in [0.05, 0.1) is 0 Å². The Morgan fingerprint density at radius 3 is 2.29 bits per heavy atom. The number of carbonyl (C=O) groups excluding carboxylic acids is 1. The standard InChI is InChI=1S/C9H9IO3S/c10-7-14(12,13)6-9(11)8-4-2-1-3-5-8/h1-5H,6-7H2. The van der Waals surface area contributed by atoms with Crippen molar-refractivity contribution in [2.24, 2.45) is 0 Å². The Kier molecular flexibility index (Phi) is 4.06. The summed E-state index contributed by atoms with van der Waals surface area (Å²) in [5.41, 5.74) is 0.445. The van der Waals surface area contributed by atoms with Gasteiger partial charge in [-0.1, -0.05) is 52.9 Å². The van der Waals surface area contributed by atoms with E-state index in [1.165, 1.54) is 0 Å². The molecule has 0 fully saturated rings. The van der Waals surface area contributed by atoms with Gasteiger partial charge < -0.3 is 0 Å². The van der Waals surface area contributed by atoms with E-state index in [2.05, 4.69) is 0 Å². The van der Waals surface area contributed by atoms with Gasteiger partial charge in [-0.05, 0) is 0 Å². The van der Waals surface area contributed by atoms with E-state index in [1.54, 1.807) is 52.9 Å². The molecule has 0 radical (unpaired) electrons. The number of Topliss-reactive ketones (excluding diaryl/α,β-unsaturated/α-hetero) is 1. The van der Waals surface area contributed by atoms with Crippen LogP contribution in [0.3, 0.4) is 0 Å². The Bertz CT molecular complexity index is 411. The molecule has 0 aliphatic rings. The second-order valence-electron chi connectivity index (χ2n) is 2.79. The molecule has 0 saturated carbocycles. The van der Waals surface area contributed by atoms with Gasteiger partial charge >= 0.3 is 0 Å². The van der Waals surface area contributed by atoms with E-state index < -0.39 is 15.6 Å². The molecule has 0 aliphatic carbocycles. The van der Waals surface area contributed by atoms with E-state index in [1.807, 2.05) is 0 Å². The SMILES string of the molecule is O=C(CS(=O)(=O)CI)c1ccccc1. The predicted octanol–water partition coefficient (Wildman–Crippen LogP) is 1.68. The molecule has 0 saturated heterocycles. The molecule has 76 valence electrons. The number of hydrogen-bond acceptors (Lipinski definition) is 3. The lowest BCUT2D eigenvalue weighted by Gasteiger charge is -1.99. The van der Waals surface area contributed by atoms with Crippen LogP contribution in [-0.2, 0) is 9.84 Å². The molecule has 1 rings (SSSR count). The van der Waals surface area contributed by atoms with E-state index in [-0.39, 0.29) is 9.54 Å². The van der Waals surface area contributed by atoms with E-state index in [0.29, 0.717) is 5.56 Å². The lowest BCUT2D eigenvalue weighted by Crippen LogP contribution is -2.16. The molecule has 5 heteroatoms. The molecule has 1 aromatic carbocycles. The van der Waals surface area contributed by atoms with Gasteiger partial charge in [0.1, 0.15) is 9.51 Å². The number of sulfone groups is 1. The highest BCUT2D eigenvalue weighted by molar-refractivity contribution is 14.1. The van der Waals surface area contributed by atoms with Gasteiger partial charge in [-0.2, -0.15) is 0 Å². The summed E-state index contributed by atoms with van der Waals surface area (Å²) in [5, 5.41) is 0. The Balaban J connectivity index is 2.79. The topological polar surface area (TPSA) is 51.2 Å². The van der Waals surface area contributed by atoms with Crippen LogP contribution in [0.1, 0.15) is 10.4 Å². The second-order valence-corrected chi connectivity index (χ2v) is 6.65. The molecule has 3 nitrogen and oxygen atoms in total. The smallest absolute Gasteiger partial charge is 0.177 e. The molecule has 14 heavy (non-hydrogen) atoms. The predicted molar refractivity (Wildman–Crippen MR) is 63.4 cm³/mol. The van der Waals surface area contributed by atoms with Gasteiger partial charge in [-0.3, -0.25) is 4.79 Å². The first-order chi connectivity index (χ1) is 6.55. The lowest BCUT2D eigenvalue weighted by atomic mass is 10.2. The Morgan fingerprint density at radius 2 is 1.79 bits per heavy atom. The van der Waals surface area contributed by atoms with Crippen molar-refractivity contribution in [3.8, 4) is 0 Å². The highest BCUT2D eigenvalue weighted by atomic mass is 127.